The van der Waals surface area contributed by atoms with Gasteiger partial charge in [-0.05, 0) is 40.3 Å². The van der Waals surface area contributed by atoms with Gasteiger partial charge < -0.3 is 15.3 Å². The Hall–Kier alpha value is -3.56. The molecule has 0 saturated carbocycles. The van der Waals surface area contributed by atoms with Crippen molar-refractivity contribution in [2.75, 3.05) is 26.2 Å². The van der Waals surface area contributed by atoms with E-state index in [9.17, 15) is 19.8 Å². The Labute approximate surface area is 316 Å². The van der Waals surface area contributed by atoms with Crippen LogP contribution in [0.5, 0.6) is 0 Å². The van der Waals surface area contributed by atoms with Crippen LogP contribution in [0.3, 0.4) is 0 Å². The molecular weight excluding hydrogens is 695 g/mol. The van der Waals surface area contributed by atoms with Crippen LogP contribution in [0, 0.1) is 0 Å². The molecule has 0 aromatic heterocycles. The average Bonchev–Trinajstić information content (AvgIpc) is 3.04. The Morgan fingerprint density at radius 2 is 1.08 bits per heavy atom. The number of rotatable bonds is 11. The van der Waals surface area contributed by atoms with Crippen molar-refractivity contribution in [1.29, 1.82) is 0 Å². The second-order valence-corrected chi connectivity index (χ2v) is 16.8. The first-order valence-electron chi connectivity index (χ1n) is 17.9. The number of benzene rings is 4. The Bertz CT molecular complexity index is 1860. The quantitative estimate of drug-likeness (QED) is 0.142. The highest BCUT2D eigenvalue weighted by Gasteiger charge is 2.34. The SMILES string of the molecule is CC(=O)CC(O)CN1Cc2ccc(-c3cccc(-c4cccc(-c5ccc6c(c5)C(C)(C)CN(CC(O)CC(=O)O)C6)c4Cl)c3Cl)cc2C(C)(C)C1. The molecule has 3 N–H and O–H groups in total. The summed E-state index contributed by atoms with van der Waals surface area (Å²) in [6, 6.07) is 25.0. The van der Waals surface area contributed by atoms with E-state index in [0.717, 1.165) is 45.5 Å². The maximum Gasteiger partial charge on any atom is 0.306 e. The van der Waals surface area contributed by atoms with Crippen molar-refractivity contribution in [3.05, 3.63) is 105 Å². The minimum absolute atomic E-state index is 0.00749. The number of carbonyl (C=O) groups is 2. The molecule has 9 heteroatoms. The van der Waals surface area contributed by atoms with Crippen molar-refractivity contribution in [3.8, 4) is 33.4 Å². The lowest BCUT2D eigenvalue weighted by Gasteiger charge is -2.41. The number of carboxylic acid groups (broad SMARTS) is 1. The molecule has 2 aliphatic heterocycles. The lowest BCUT2D eigenvalue weighted by atomic mass is 9.77. The fourth-order valence-corrected chi connectivity index (χ4v) is 9.02. The number of halogens is 2. The van der Waals surface area contributed by atoms with Gasteiger partial charge in [0.25, 0.3) is 0 Å². The van der Waals surface area contributed by atoms with E-state index in [1.165, 1.54) is 23.6 Å². The molecule has 0 bridgehead atoms. The van der Waals surface area contributed by atoms with Gasteiger partial charge in [-0.2, -0.15) is 0 Å². The molecule has 2 aliphatic rings. The third-order valence-electron chi connectivity index (χ3n) is 10.5. The molecule has 0 saturated heterocycles. The standard InChI is InChI=1S/C43H48Cl2N2O5/c1-26(48)16-31(49)22-46-20-29-14-12-27(17-37(29)42(2,3)24-46)33-8-6-10-35(40(33)44)36-11-7-9-34(41(36)45)28-13-15-30-21-47(23-32(50)19-39(51)52)25-43(4,5)38(30)18-28/h6-15,17-18,31-32,49-50H,16,19-25H2,1-5H3,(H,51,52). The zero-order valence-corrected chi connectivity index (χ0v) is 32.1. The van der Waals surface area contributed by atoms with Gasteiger partial charge >= 0.3 is 5.97 Å². The fraction of sp³-hybridized carbons (Fsp3) is 0.395. The molecule has 274 valence electrons. The second-order valence-electron chi connectivity index (χ2n) is 16.0. The average molecular weight is 744 g/mol. The predicted molar refractivity (Wildman–Crippen MR) is 209 cm³/mol. The van der Waals surface area contributed by atoms with E-state index in [1.807, 2.05) is 36.4 Å². The summed E-state index contributed by atoms with van der Waals surface area (Å²) in [5.74, 6) is -1.01. The lowest BCUT2D eigenvalue weighted by molar-refractivity contribution is -0.139. The molecule has 2 heterocycles. The summed E-state index contributed by atoms with van der Waals surface area (Å²) in [5.41, 5.74) is 9.97. The third-order valence-corrected chi connectivity index (χ3v) is 11.3. The van der Waals surface area contributed by atoms with Crippen LogP contribution < -0.4 is 0 Å². The number of aliphatic hydroxyl groups is 2. The number of hydrogen-bond donors (Lipinski definition) is 3. The van der Waals surface area contributed by atoms with Gasteiger partial charge in [-0.1, -0.05) is 124 Å². The summed E-state index contributed by atoms with van der Waals surface area (Å²) < 4.78 is 0. The number of aliphatic carboxylic acids is 1. The van der Waals surface area contributed by atoms with Gasteiger partial charge in [0.2, 0.25) is 0 Å². The van der Waals surface area contributed by atoms with Crippen LogP contribution in [0.4, 0.5) is 0 Å². The summed E-state index contributed by atoms with van der Waals surface area (Å²) in [5, 5.41) is 31.1. The molecule has 0 amide bonds. The van der Waals surface area contributed by atoms with E-state index in [1.54, 1.807) is 0 Å². The first-order valence-corrected chi connectivity index (χ1v) is 18.6. The fourth-order valence-electron chi connectivity index (χ4n) is 8.35. The van der Waals surface area contributed by atoms with E-state index >= 15 is 0 Å². The van der Waals surface area contributed by atoms with Gasteiger partial charge in [-0.25, -0.2) is 0 Å². The maximum absolute atomic E-state index is 11.5. The summed E-state index contributed by atoms with van der Waals surface area (Å²) in [4.78, 5) is 27.0. The first kappa shape index (κ1) is 38.2. The molecule has 2 unspecified atom stereocenters. The Kier molecular flexibility index (Phi) is 11.1. The van der Waals surface area contributed by atoms with Crippen LogP contribution in [0.15, 0.2) is 72.8 Å². The number of fused-ring (bicyclic) bond motifs is 2. The van der Waals surface area contributed by atoms with Crippen molar-refractivity contribution in [2.24, 2.45) is 0 Å². The van der Waals surface area contributed by atoms with Crippen LogP contribution in [0.2, 0.25) is 10.0 Å². The number of carboxylic acids is 1. The van der Waals surface area contributed by atoms with Gasteiger partial charge in [0, 0.05) is 78.8 Å². The van der Waals surface area contributed by atoms with E-state index < -0.39 is 18.2 Å². The largest absolute Gasteiger partial charge is 0.481 e. The molecule has 0 radical (unpaired) electrons. The van der Waals surface area contributed by atoms with Crippen LogP contribution in [-0.2, 0) is 33.5 Å². The van der Waals surface area contributed by atoms with Crippen LogP contribution >= 0.6 is 23.2 Å². The summed E-state index contributed by atoms with van der Waals surface area (Å²) in [6.07, 6.45) is -1.70. The maximum atomic E-state index is 11.5. The third kappa shape index (κ3) is 8.15. The van der Waals surface area contributed by atoms with Gasteiger partial charge in [-0.3, -0.25) is 19.4 Å². The number of ketones is 1. The number of Topliss-reactive ketones (excluding diaryl/α,β-unsaturated/α-hetero) is 1. The molecule has 52 heavy (non-hydrogen) atoms. The minimum Gasteiger partial charge on any atom is -0.481 e. The van der Waals surface area contributed by atoms with Gasteiger partial charge in [0.1, 0.15) is 5.78 Å². The molecule has 0 fully saturated rings. The molecule has 0 spiro atoms. The van der Waals surface area contributed by atoms with E-state index in [2.05, 4.69) is 73.9 Å². The highest BCUT2D eigenvalue weighted by atomic mass is 35.5. The summed E-state index contributed by atoms with van der Waals surface area (Å²) >= 11 is 14.5. The van der Waals surface area contributed by atoms with Crippen LogP contribution in [-0.4, -0.2) is 75.3 Å². The van der Waals surface area contributed by atoms with Gasteiger partial charge in [0.05, 0.1) is 28.7 Å². The van der Waals surface area contributed by atoms with Crippen LogP contribution in [0.25, 0.3) is 33.4 Å². The number of aliphatic hydroxyl groups excluding tert-OH is 2. The predicted octanol–water partition coefficient (Wildman–Crippen LogP) is 8.36. The topological polar surface area (TPSA) is 101 Å². The number of nitrogens with zero attached hydrogens (tertiary/aromatic N) is 2. The zero-order chi connectivity index (χ0) is 37.5. The molecule has 4 aromatic carbocycles. The highest BCUT2D eigenvalue weighted by molar-refractivity contribution is 6.39. The normalized spacial score (nSPS) is 17.9. The van der Waals surface area contributed by atoms with Crippen molar-refractivity contribution in [2.45, 2.75) is 83.6 Å². The molecule has 4 aromatic rings. The number of hydrogen-bond acceptors (Lipinski definition) is 6. The second kappa shape index (κ2) is 15.1. The van der Waals surface area contributed by atoms with E-state index in [-0.39, 0.29) is 29.5 Å². The summed E-state index contributed by atoms with van der Waals surface area (Å²) in [7, 11) is 0. The van der Waals surface area contributed by atoms with Crippen molar-refractivity contribution < 1.29 is 24.9 Å². The highest BCUT2D eigenvalue weighted by Crippen LogP contribution is 2.45. The first-order chi connectivity index (χ1) is 24.5. The number of β-amino-alcohol motifs (C(OH)–C–C–N with tert-alkyl or cyclic N) is 2. The minimum atomic E-state index is -1.00. The monoisotopic (exact) mass is 742 g/mol. The van der Waals surface area contributed by atoms with Gasteiger partial charge in [-0.15, -0.1) is 0 Å². The van der Waals surface area contributed by atoms with Crippen molar-refractivity contribution in [1.82, 2.24) is 9.80 Å². The van der Waals surface area contributed by atoms with Crippen molar-refractivity contribution >= 4 is 35.0 Å². The zero-order valence-electron chi connectivity index (χ0n) is 30.5. The van der Waals surface area contributed by atoms with Crippen molar-refractivity contribution in [3.63, 3.8) is 0 Å². The van der Waals surface area contributed by atoms with E-state index in [0.29, 0.717) is 42.8 Å². The smallest absolute Gasteiger partial charge is 0.306 e. The number of carbonyl (C=O) groups excluding carboxylic acids is 1. The lowest BCUT2D eigenvalue weighted by Crippen LogP contribution is -2.45. The van der Waals surface area contributed by atoms with E-state index in [4.69, 9.17) is 28.3 Å². The van der Waals surface area contributed by atoms with Gasteiger partial charge in [0.15, 0.2) is 0 Å². The molecule has 7 nitrogen and oxygen atoms in total. The Balaban J connectivity index is 1.28. The summed E-state index contributed by atoms with van der Waals surface area (Å²) in [6.45, 7) is 13.9. The Morgan fingerprint density at radius 3 is 1.48 bits per heavy atom. The molecule has 6 rings (SSSR count). The molecule has 0 aliphatic carbocycles. The Morgan fingerprint density at radius 1 is 0.673 bits per heavy atom. The van der Waals surface area contributed by atoms with Crippen LogP contribution in [0.1, 0.15) is 69.7 Å². The molecule has 2 atom stereocenters. The molecular formula is C43H48Cl2N2O5.